The molecule has 9 nitrogen and oxygen atoms in total. The van der Waals surface area contributed by atoms with Crippen LogP contribution in [0.5, 0.6) is 0 Å². The van der Waals surface area contributed by atoms with E-state index in [2.05, 4.69) is 0 Å². The average molecular weight is 445 g/mol. The Balaban J connectivity index is 2.90. The van der Waals surface area contributed by atoms with Crippen LogP contribution in [0.15, 0.2) is 0 Å². The fourth-order valence-electron chi connectivity index (χ4n) is 3.50. The van der Waals surface area contributed by atoms with E-state index in [1.807, 2.05) is 13.8 Å². The lowest BCUT2D eigenvalue weighted by Crippen LogP contribution is -2.50. The lowest BCUT2D eigenvalue weighted by atomic mass is 9.88. The average Bonchev–Trinajstić information content (AvgIpc) is 2.68. The second-order valence-corrected chi connectivity index (χ2v) is 7.81. The van der Waals surface area contributed by atoms with E-state index in [0.717, 1.165) is 0 Å². The van der Waals surface area contributed by atoms with E-state index < -0.39 is 48.2 Å². The van der Waals surface area contributed by atoms with Gasteiger partial charge >= 0.3 is 23.9 Å². The zero-order valence-corrected chi connectivity index (χ0v) is 19.0. The van der Waals surface area contributed by atoms with Gasteiger partial charge in [-0.1, -0.05) is 20.8 Å². The Morgan fingerprint density at radius 2 is 1.52 bits per heavy atom. The van der Waals surface area contributed by atoms with Crippen molar-refractivity contribution >= 4 is 23.9 Å². The number of hydrogen-bond donors (Lipinski definition) is 1. The number of esters is 3. The molecule has 9 heteroatoms. The molecule has 1 aliphatic rings. The summed E-state index contributed by atoms with van der Waals surface area (Å²) in [6.07, 6.45) is 0.222. The highest BCUT2D eigenvalue weighted by Crippen LogP contribution is 2.30. The van der Waals surface area contributed by atoms with Crippen LogP contribution < -0.4 is 0 Å². The van der Waals surface area contributed by atoms with Crippen LogP contribution in [0, 0.1) is 5.92 Å². The van der Waals surface area contributed by atoms with Gasteiger partial charge in [0.1, 0.15) is 18.6 Å². The van der Waals surface area contributed by atoms with E-state index in [0.29, 0.717) is 38.5 Å². The normalized spacial score (nSPS) is 22.8. The molecule has 0 saturated carbocycles. The highest BCUT2D eigenvalue weighted by molar-refractivity contribution is 5.74. The molecule has 178 valence electrons. The van der Waals surface area contributed by atoms with Crippen molar-refractivity contribution in [2.45, 2.75) is 103 Å². The van der Waals surface area contributed by atoms with Crippen molar-refractivity contribution in [1.29, 1.82) is 0 Å². The van der Waals surface area contributed by atoms with E-state index in [1.54, 1.807) is 13.8 Å². The van der Waals surface area contributed by atoms with Crippen LogP contribution in [0.1, 0.15) is 79.1 Å². The third-order valence-electron chi connectivity index (χ3n) is 5.07. The third kappa shape index (κ3) is 9.25. The van der Waals surface area contributed by atoms with Gasteiger partial charge in [-0.15, -0.1) is 0 Å². The lowest BCUT2D eigenvalue weighted by molar-refractivity contribution is -0.195. The second-order valence-electron chi connectivity index (χ2n) is 7.81. The zero-order chi connectivity index (χ0) is 23.4. The third-order valence-corrected chi connectivity index (χ3v) is 5.07. The molecule has 1 rings (SSSR count). The number of carboxylic acid groups (broad SMARTS) is 1. The Hall–Kier alpha value is -2.16. The molecule has 0 aromatic heterocycles. The number of hydrogen-bond acceptors (Lipinski definition) is 8. The van der Waals surface area contributed by atoms with Gasteiger partial charge in [0.2, 0.25) is 0 Å². The van der Waals surface area contributed by atoms with Gasteiger partial charge in [0.25, 0.3) is 0 Å². The van der Waals surface area contributed by atoms with Gasteiger partial charge in [-0.2, -0.15) is 0 Å². The Kier molecular flexibility index (Phi) is 12.1. The van der Waals surface area contributed by atoms with E-state index in [9.17, 15) is 24.3 Å². The highest BCUT2D eigenvalue weighted by atomic mass is 16.6. The Morgan fingerprint density at radius 1 is 0.935 bits per heavy atom. The standard InChI is InChI=1S/C22H36O9/c1-5-8-18(23)28-13-17(31-20(25)10-7-3)21(22(26)27)16-12-11-15(14(4)29-16)30-19(24)9-6-2/h14-17,21H,5-13H2,1-4H3,(H,26,27)/t14-,15-,16?,17-,21-/m0/s1. The Labute approximate surface area is 183 Å². The molecule has 1 N–H and O–H groups in total. The number of ether oxygens (including phenoxy) is 4. The van der Waals surface area contributed by atoms with Crippen LogP contribution in [0.2, 0.25) is 0 Å². The molecule has 0 bridgehead atoms. The lowest BCUT2D eigenvalue weighted by Gasteiger charge is -2.38. The topological polar surface area (TPSA) is 125 Å². The van der Waals surface area contributed by atoms with Crippen molar-refractivity contribution in [2.24, 2.45) is 5.92 Å². The van der Waals surface area contributed by atoms with Crippen molar-refractivity contribution in [2.75, 3.05) is 6.61 Å². The summed E-state index contributed by atoms with van der Waals surface area (Å²) in [5.41, 5.74) is 0. The maximum Gasteiger partial charge on any atom is 0.313 e. The molecule has 31 heavy (non-hydrogen) atoms. The minimum atomic E-state index is -1.22. The van der Waals surface area contributed by atoms with Gasteiger partial charge in [-0.3, -0.25) is 19.2 Å². The van der Waals surface area contributed by atoms with Crippen molar-refractivity contribution in [3.05, 3.63) is 0 Å². The van der Waals surface area contributed by atoms with Crippen LogP contribution >= 0.6 is 0 Å². The van der Waals surface area contributed by atoms with E-state index in [4.69, 9.17) is 18.9 Å². The molecule has 1 heterocycles. The summed E-state index contributed by atoms with van der Waals surface area (Å²) in [7, 11) is 0. The first-order valence-corrected chi connectivity index (χ1v) is 11.2. The maximum atomic E-state index is 12.1. The van der Waals surface area contributed by atoms with E-state index in [1.165, 1.54) is 0 Å². The zero-order valence-electron chi connectivity index (χ0n) is 19.0. The smallest absolute Gasteiger partial charge is 0.313 e. The summed E-state index contributed by atoms with van der Waals surface area (Å²) in [4.78, 5) is 47.8. The number of carbonyl (C=O) groups is 4. The van der Waals surface area contributed by atoms with Crippen LogP contribution in [-0.2, 0) is 38.1 Å². The largest absolute Gasteiger partial charge is 0.481 e. The molecule has 0 spiro atoms. The number of aliphatic carboxylic acids is 1. The summed E-state index contributed by atoms with van der Waals surface area (Å²) in [5.74, 6) is -3.78. The van der Waals surface area contributed by atoms with Gasteiger partial charge in [-0.25, -0.2) is 0 Å². The van der Waals surface area contributed by atoms with Crippen molar-refractivity contribution in [1.82, 2.24) is 0 Å². The van der Waals surface area contributed by atoms with Crippen molar-refractivity contribution in [3.63, 3.8) is 0 Å². The van der Waals surface area contributed by atoms with Crippen LogP contribution in [0.3, 0.4) is 0 Å². The van der Waals surface area contributed by atoms with Gasteiger partial charge in [0.15, 0.2) is 6.10 Å². The molecule has 1 aliphatic heterocycles. The molecule has 0 aliphatic carbocycles. The number of carboxylic acids is 1. The molecule has 0 amide bonds. The van der Waals surface area contributed by atoms with Crippen LogP contribution in [-0.4, -0.2) is 60.0 Å². The predicted molar refractivity (Wildman–Crippen MR) is 110 cm³/mol. The second kappa shape index (κ2) is 14.0. The monoisotopic (exact) mass is 444 g/mol. The molecular weight excluding hydrogens is 408 g/mol. The van der Waals surface area contributed by atoms with Gasteiger partial charge in [-0.05, 0) is 39.0 Å². The van der Waals surface area contributed by atoms with Gasteiger partial charge in [0, 0.05) is 19.3 Å². The summed E-state index contributed by atoms with van der Waals surface area (Å²) in [6, 6.07) is 0. The van der Waals surface area contributed by atoms with Gasteiger partial charge in [0.05, 0.1) is 12.2 Å². The molecule has 1 unspecified atom stereocenters. The molecule has 0 aromatic rings. The predicted octanol–water partition coefficient (Wildman–Crippen LogP) is 3.02. The minimum Gasteiger partial charge on any atom is -0.481 e. The maximum absolute atomic E-state index is 12.1. The molecule has 1 saturated heterocycles. The fraction of sp³-hybridized carbons (Fsp3) is 0.818. The first-order chi connectivity index (χ1) is 14.7. The van der Waals surface area contributed by atoms with Crippen LogP contribution in [0.4, 0.5) is 0 Å². The summed E-state index contributed by atoms with van der Waals surface area (Å²) >= 11 is 0. The van der Waals surface area contributed by atoms with Crippen molar-refractivity contribution in [3.8, 4) is 0 Å². The number of carbonyl (C=O) groups excluding carboxylic acids is 3. The first-order valence-electron chi connectivity index (χ1n) is 11.2. The van der Waals surface area contributed by atoms with E-state index >= 15 is 0 Å². The summed E-state index contributed by atoms with van der Waals surface area (Å²) in [6.45, 7) is 6.87. The molecular formula is C22H36O9. The first kappa shape index (κ1) is 26.9. The molecule has 0 radical (unpaired) electrons. The van der Waals surface area contributed by atoms with Crippen molar-refractivity contribution < 1.29 is 43.2 Å². The molecule has 0 aromatic carbocycles. The SMILES string of the molecule is CCCC(=O)OC[C@H](OC(=O)CCC)[C@@H](C(=O)O)C1CC[C@H](OC(=O)CCC)[C@H](C)O1. The Morgan fingerprint density at radius 3 is 2.06 bits per heavy atom. The highest BCUT2D eigenvalue weighted by Gasteiger charge is 2.43. The van der Waals surface area contributed by atoms with Gasteiger partial charge < -0.3 is 24.1 Å². The molecule has 1 fully saturated rings. The molecule has 5 atom stereocenters. The quantitative estimate of drug-likeness (QED) is 0.337. The Bertz CT molecular complexity index is 604. The number of rotatable bonds is 13. The minimum absolute atomic E-state index is 0.128. The fourth-order valence-corrected chi connectivity index (χ4v) is 3.50. The van der Waals surface area contributed by atoms with Crippen LogP contribution in [0.25, 0.3) is 0 Å². The van der Waals surface area contributed by atoms with E-state index in [-0.39, 0.29) is 25.4 Å². The summed E-state index contributed by atoms with van der Waals surface area (Å²) in [5, 5.41) is 9.88. The summed E-state index contributed by atoms with van der Waals surface area (Å²) < 4.78 is 21.9.